The van der Waals surface area contributed by atoms with Gasteiger partial charge in [-0.15, -0.1) is 0 Å². The Labute approximate surface area is 89.3 Å². The molecule has 0 amide bonds. The summed E-state index contributed by atoms with van der Waals surface area (Å²) in [5.41, 5.74) is 5.49. The molecule has 82 valence electrons. The molecule has 1 atom stereocenters. The molecular formula is C9H19N3OS. The van der Waals surface area contributed by atoms with E-state index in [2.05, 4.69) is 10.5 Å². The molecule has 0 bridgehead atoms. The number of oxime groups is 1. The lowest BCUT2D eigenvalue weighted by Gasteiger charge is -2.24. The zero-order valence-corrected chi connectivity index (χ0v) is 9.39. The molecule has 1 saturated heterocycles. The van der Waals surface area contributed by atoms with Crippen molar-refractivity contribution in [1.29, 1.82) is 0 Å². The van der Waals surface area contributed by atoms with Gasteiger partial charge in [0, 0.05) is 18.5 Å². The lowest BCUT2D eigenvalue weighted by molar-refractivity contribution is 0.313. The third-order valence-electron chi connectivity index (χ3n) is 2.55. The molecule has 14 heavy (non-hydrogen) atoms. The van der Waals surface area contributed by atoms with Crippen molar-refractivity contribution in [3.05, 3.63) is 0 Å². The van der Waals surface area contributed by atoms with E-state index >= 15 is 0 Å². The molecule has 4 N–H and O–H groups in total. The van der Waals surface area contributed by atoms with E-state index in [0.29, 0.717) is 11.9 Å². The van der Waals surface area contributed by atoms with Gasteiger partial charge in [-0.2, -0.15) is 11.8 Å². The van der Waals surface area contributed by atoms with E-state index in [1.54, 1.807) is 0 Å². The molecule has 4 nitrogen and oxygen atoms in total. The predicted octanol–water partition coefficient (Wildman–Crippen LogP) is 0.854. The molecule has 0 radical (unpaired) electrons. The monoisotopic (exact) mass is 217 g/mol. The van der Waals surface area contributed by atoms with Gasteiger partial charge < -0.3 is 16.3 Å². The average molecular weight is 217 g/mol. The first-order chi connectivity index (χ1) is 6.74. The summed E-state index contributed by atoms with van der Waals surface area (Å²) < 4.78 is 0. The maximum absolute atomic E-state index is 8.47. The van der Waals surface area contributed by atoms with Crippen molar-refractivity contribution in [3.63, 3.8) is 0 Å². The van der Waals surface area contributed by atoms with Crippen LogP contribution >= 0.6 is 11.8 Å². The molecule has 1 heterocycles. The molecule has 1 aliphatic rings. The van der Waals surface area contributed by atoms with Gasteiger partial charge in [0.25, 0.3) is 0 Å². The van der Waals surface area contributed by atoms with Crippen molar-refractivity contribution in [3.8, 4) is 0 Å². The van der Waals surface area contributed by atoms with Crippen LogP contribution < -0.4 is 11.1 Å². The van der Waals surface area contributed by atoms with Crippen molar-refractivity contribution in [2.75, 3.05) is 18.1 Å². The highest BCUT2D eigenvalue weighted by Crippen LogP contribution is 2.16. The van der Waals surface area contributed by atoms with Crippen LogP contribution in [0.2, 0.25) is 0 Å². The van der Waals surface area contributed by atoms with E-state index < -0.39 is 0 Å². The van der Waals surface area contributed by atoms with E-state index in [0.717, 1.165) is 6.54 Å². The number of nitrogens with two attached hydrogens (primary N) is 1. The summed E-state index contributed by atoms with van der Waals surface area (Å²) in [5, 5.41) is 14.9. The number of thioether (sulfide) groups is 1. The Bertz CT molecular complexity index is 192. The largest absolute Gasteiger partial charge is 0.409 e. The van der Waals surface area contributed by atoms with Crippen molar-refractivity contribution < 1.29 is 5.21 Å². The molecule has 5 heteroatoms. The Hall–Kier alpha value is -0.420. The minimum absolute atomic E-state index is 0.106. The van der Waals surface area contributed by atoms with Crippen LogP contribution in [0.15, 0.2) is 5.16 Å². The molecule has 0 saturated carbocycles. The van der Waals surface area contributed by atoms with Crippen molar-refractivity contribution in [2.45, 2.75) is 25.8 Å². The quantitative estimate of drug-likeness (QED) is 0.283. The van der Waals surface area contributed by atoms with Gasteiger partial charge in [-0.05, 0) is 24.3 Å². The van der Waals surface area contributed by atoms with Gasteiger partial charge in [0.2, 0.25) is 0 Å². The molecule has 1 aliphatic heterocycles. The normalized spacial score (nSPS) is 22.2. The second kappa shape index (κ2) is 6.14. The summed E-state index contributed by atoms with van der Waals surface area (Å²) in [7, 11) is 0. The smallest absolute Gasteiger partial charge is 0.143 e. The summed E-state index contributed by atoms with van der Waals surface area (Å²) >= 11 is 2.02. The van der Waals surface area contributed by atoms with Crippen molar-refractivity contribution in [1.82, 2.24) is 5.32 Å². The van der Waals surface area contributed by atoms with E-state index in [1.165, 1.54) is 24.3 Å². The average Bonchev–Trinajstić information content (AvgIpc) is 2.26. The van der Waals surface area contributed by atoms with Crippen LogP contribution in [0.4, 0.5) is 0 Å². The summed E-state index contributed by atoms with van der Waals surface area (Å²) in [5.74, 6) is 2.91. The number of amidine groups is 1. The molecule has 0 aliphatic carbocycles. The molecule has 1 rings (SSSR count). The van der Waals surface area contributed by atoms with Crippen LogP contribution in [0.5, 0.6) is 0 Å². The van der Waals surface area contributed by atoms with Crippen LogP contribution in [0.3, 0.4) is 0 Å². The highest BCUT2D eigenvalue weighted by Gasteiger charge is 2.15. The number of nitrogens with one attached hydrogen (secondary N) is 1. The fourth-order valence-corrected chi connectivity index (χ4v) is 2.55. The Morgan fingerprint density at radius 1 is 1.64 bits per heavy atom. The maximum Gasteiger partial charge on any atom is 0.143 e. The summed E-state index contributed by atoms with van der Waals surface area (Å²) in [6.45, 7) is 2.75. The fourth-order valence-electron chi connectivity index (χ4n) is 1.45. The molecule has 0 aromatic heterocycles. The van der Waals surface area contributed by atoms with Gasteiger partial charge in [0.1, 0.15) is 5.84 Å². The Morgan fingerprint density at radius 2 is 2.29 bits per heavy atom. The second-order valence-corrected chi connectivity index (χ2v) is 4.95. The second-order valence-electron chi connectivity index (χ2n) is 3.72. The summed E-state index contributed by atoms with van der Waals surface area (Å²) in [4.78, 5) is 0. The fraction of sp³-hybridized carbons (Fsp3) is 0.889. The Morgan fingerprint density at radius 3 is 2.86 bits per heavy atom. The zero-order chi connectivity index (χ0) is 10.4. The van der Waals surface area contributed by atoms with Gasteiger partial charge in [-0.25, -0.2) is 0 Å². The molecule has 1 fully saturated rings. The number of hydrogen-bond donors (Lipinski definition) is 3. The van der Waals surface area contributed by atoms with Crippen molar-refractivity contribution >= 4 is 17.6 Å². The van der Waals surface area contributed by atoms with Gasteiger partial charge in [-0.3, -0.25) is 0 Å². The first-order valence-corrected chi connectivity index (χ1v) is 6.18. The Kier molecular flexibility index (Phi) is 5.11. The number of nitrogens with zero attached hydrogens (tertiary/aromatic N) is 1. The highest BCUT2D eigenvalue weighted by atomic mass is 32.2. The Balaban J connectivity index is 2.18. The minimum atomic E-state index is 0.106. The molecule has 0 aromatic rings. The standard InChI is InChI=1S/C9H19N3OS/c1-7(9(10)12-13)6-11-8-2-4-14-5-3-8/h7-8,11,13H,2-6H2,1H3,(H2,10,12). The highest BCUT2D eigenvalue weighted by molar-refractivity contribution is 7.99. The molecular weight excluding hydrogens is 198 g/mol. The SMILES string of the molecule is CC(CNC1CCSCC1)C(N)=NO. The van der Waals surface area contributed by atoms with Crippen LogP contribution in [-0.4, -0.2) is 35.1 Å². The van der Waals surface area contributed by atoms with E-state index in [4.69, 9.17) is 10.9 Å². The van der Waals surface area contributed by atoms with E-state index in [9.17, 15) is 0 Å². The van der Waals surface area contributed by atoms with Gasteiger partial charge in [0.05, 0.1) is 0 Å². The lowest BCUT2D eigenvalue weighted by Crippen LogP contribution is -2.39. The molecule has 0 spiro atoms. The topological polar surface area (TPSA) is 70.6 Å². The lowest BCUT2D eigenvalue weighted by atomic mass is 10.1. The number of hydrogen-bond acceptors (Lipinski definition) is 4. The van der Waals surface area contributed by atoms with E-state index in [-0.39, 0.29) is 5.92 Å². The minimum Gasteiger partial charge on any atom is -0.409 e. The molecule has 0 aromatic carbocycles. The third kappa shape index (κ3) is 3.75. The van der Waals surface area contributed by atoms with Crippen molar-refractivity contribution in [2.24, 2.45) is 16.8 Å². The first-order valence-electron chi connectivity index (χ1n) is 5.02. The third-order valence-corrected chi connectivity index (χ3v) is 3.60. The predicted molar refractivity (Wildman–Crippen MR) is 60.9 cm³/mol. The van der Waals surface area contributed by atoms with E-state index in [1.807, 2.05) is 18.7 Å². The molecule has 1 unspecified atom stereocenters. The van der Waals surface area contributed by atoms with Crippen LogP contribution in [0.1, 0.15) is 19.8 Å². The van der Waals surface area contributed by atoms with Crippen LogP contribution in [0.25, 0.3) is 0 Å². The maximum atomic E-state index is 8.47. The number of rotatable bonds is 4. The van der Waals surface area contributed by atoms with Gasteiger partial charge in [-0.1, -0.05) is 12.1 Å². The summed E-state index contributed by atoms with van der Waals surface area (Å²) in [6.07, 6.45) is 2.46. The van der Waals surface area contributed by atoms with Crippen LogP contribution in [-0.2, 0) is 0 Å². The first kappa shape index (κ1) is 11.7. The van der Waals surface area contributed by atoms with Gasteiger partial charge in [0.15, 0.2) is 0 Å². The zero-order valence-electron chi connectivity index (χ0n) is 8.57. The summed E-state index contributed by atoms with van der Waals surface area (Å²) in [6, 6.07) is 0.616. The van der Waals surface area contributed by atoms with Crippen LogP contribution in [0, 0.1) is 5.92 Å². The van der Waals surface area contributed by atoms with Gasteiger partial charge >= 0.3 is 0 Å².